The molecule has 6 nitrogen and oxygen atoms in total. The van der Waals surface area contributed by atoms with Crippen LogP contribution in [0.1, 0.15) is 42.5 Å². The van der Waals surface area contributed by atoms with Crippen molar-refractivity contribution >= 4 is 21.7 Å². The molecule has 0 radical (unpaired) electrons. The van der Waals surface area contributed by atoms with E-state index in [4.69, 9.17) is 5.11 Å². The van der Waals surface area contributed by atoms with Crippen molar-refractivity contribution in [3.05, 3.63) is 29.8 Å². The van der Waals surface area contributed by atoms with Crippen LogP contribution in [0.3, 0.4) is 0 Å². The maximum absolute atomic E-state index is 12.5. The van der Waals surface area contributed by atoms with Crippen LogP contribution in [-0.4, -0.2) is 49.1 Å². The molecule has 1 aliphatic rings. The summed E-state index contributed by atoms with van der Waals surface area (Å²) in [7, 11) is -1.80. The largest absolute Gasteiger partial charge is 0.481 e. The van der Waals surface area contributed by atoms with E-state index in [2.05, 4.69) is 0 Å². The van der Waals surface area contributed by atoms with E-state index in [1.54, 1.807) is 0 Å². The van der Waals surface area contributed by atoms with Crippen LogP contribution in [0.5, 0.6) is 0 Å². The molecule has 1 N–H and O–H groups in total. The fourth-order valence-corrected chi connectivity index (χ4v) is 4.62. The van der Waals surface area contributed by atoms with Gasteiger partial charge >= 0.3 is 5.97 Å². The first-order chi connectivity index (χ1) is 10.8. The molecule has 0 heterocycles. The van der Waals surface area contributed by atoms with E-state index in [1.165, 1.54) is 36.2 Å². The van der Waals surface area contributed by atoms with E-state index >= 15 is 0 Å². The van der Waals surface area contributed by atoms with Crippen LogP contribution in [0.4, 0.5) is 0 Å². The number of hydrogen-bond acceptors (Lipinski definition) is 4. The predicted octanol–water partition coefficient (Wildman–Crippen LogP) is 1.95. The van der Waals surface area contributed by atoms with E-state index in [1.807, 2.05) is 0 Å². The highest BCUT2D eigenvalue weighted by atomic mass is 32.2. The fourth-order valence-electron chi connectivity index (χ4n) is 2.76. The van der Waals surface area contributed by atoms with Crippen molar-refractivity contribution < 1.29 is 23.1 Å². The molecule has 0 aromatic heterocycles. The second-order valence-electron chi connectivity index (χ2n) is 5.85. The Labute approximate surface area is 136 Å². The summed E-state index contributed by atoms with van der Waals surface area (Å²) < 4.78 is 24.9. The third-order valence-electron chi connectivity index (χ3n) is 4.18. The van der Waals surface area contributed by atoms with Gasteiger partial charge in [0.05, 0.1) is 16.6 Å². The Morgan fingerprint density at radius 1 is 1.17 bits per heavy atom. The number of carbonyl (C=O) groups is 2. The van der Waals surface area contributed by atoms with Crippen LogP contribution < -0.4 is 0 Å². The third-order valence-corrected chi connectivity index (χ3v) is 6.46. The van der Waals surface area contributed by atoms with E-state index in [0.29, 0.717) is 18.4 Å². The highest BCUT2D eigenvalue weighted by Crippen LogP contribution is 2.29. The molecule has 1 aromatic carbocycles. The monoisotopic (exact) mass is 339 g/mol. The lowest BCUT2D eigenvalue weighted by Crippen LogP contribution is -2.29. The maximum atomic E-state index is 12.5. The molecule has 1 amide bonds. The summed E-state index contributed by atoms with van der Waals surface area (Å²) in [5, 5.41) is 8.32. The van der Waals surface area contributed by atoms with E-state index in [-0.39, 0.29) is 29.0 Å². The molecule has 0 aliphatic heterocycles. The molecular weight excluding hydrogens is 318 g/mol. The van der Waals surface area contributed by atoms with Crippen LogP contribution in [0, 0.1) is 0 Å². The Morgan fingerprint density at radius 3 is 2.26 bits per heavy atom. The molecule has 0 unspecified atom stereocenters. The predicted molar refractivity (Wildman–Crippen MR) is 85.1 cm³/mol. The molecule has 7 heteroatoms. The maximum Gasteiger partial charge on any atom is 0.305 e. The molecule has 2 rings (SSSR count). The normalized spacial score (nSPS) is 15.5. The van der Waals surface area contributed by atoms with Gasteiger partial charge in [-0.05, 0) is 37.1 Å². The van der Waals surface area contributed by atoms with Crippen LogP contribution >= 0.6 is 0 Å². The minimum absolute atomic E-state index is 0.107. The topological polar surface area (TPSA) is 91.8 Å². The fraction of sp³-hybridized carbons (Fsp3) is 0.500. The average molecular weight is 339 g/mol. The van der Waals surface area contributed by atoms with Crippen molar-refractivity contribution in [2.45, 2.75) is 42.2 Å². The van der Waals surface area contributed by atoms with Gasteiger partial charge in [0.2, 0.25) is 0 Å². The zero-order valence-corrected chi connectivity index (χ0v) is 13.9. The molecule has 1 aromatic rings. The van der Waals surface area contributed by atoms with Crippen LogP contribution in [-0.2, 0) is 14.6 Å². The van der Waals surface area contributed by atoms with Crippen molar-refractivity contribution in [1.29, 1.82) is 0 Å². The van der Waals surface area contributed by atoms with Gasteiger partial charge in [0, 0.05) is 19.2 Å². The number of rotatable bonds is 6. The highest BCUT2D eigenvalue weighted by molar-refractivity contribution is 7.92. The molecular formula is C16H21NO5S. The van der Waals surface area contributed by atoms with E-state index < -0.39 is 15.8 Å². The lowest BCUT2D eigenvalue weighted by atomic mass is 10.2. The molecule has 126 valence electrons. The summed E-state index contributed by atoms with van der Waals surface area (Å²) >= 11 is 0. The molecule has 1 aliphatic carbocycles. The molecule has 0 atom stereocenters. The standard InChI is InChI=1S/C16H21NO5S/c1-17(11-10-15(18)19)16(20)12-6-8-14(9-7-12)23(21,22)13-4-2-3-5-13/h6-9,13H,2-5,10-11H2,1H3,(H,18,19). The Morgan fingerprint density at radius 2 is 1.74 bits per heavy atom. The quantitative estimate of drug-likeness (QED) is 0.855. The van der Waals surface area contributed by atoms with Crippen molar-refractivity contribution in [3.63, 3.8) is 0 Å². The first-order valence-electron chi connectivity index (χ1n) is 7.63. The summed E-state index contributed by atoms with van der Waals surface area (Å²) in [5.41, 5.74) is 0.350. The van der Waals surface area contributed by atoms with Gasteiger partial charge in [0.25, 0.3) is 5.91 Å². The third kappa shape index (κ3) is 4.10. The molecule has 0 bridgehead atoms. The minimum Gasteiger partial charge on any atom is -0.481 e. The minimum atomic E-state index is -3.33. The Balaban J connectivity index is 2.09. The second kappa shape index (κ2) is 7.12. The van der Waals surface area contributed by atoms with E-state index in [9.17, 15) is 18.0 Å². The number of sulfone groups is 1. The zero-order valence-electron chi connectivity index (χ0n) is 13.1. The van der Waals surface area contributed by atoms with Crippen molar-refractivity contribution in [1.82, 2.24) is 4.90 Å². The Kier molecular flexibility index (Phi) is 5.41. The van der Waals surface area contributed by atoms with Gasteiger partial charge in [-0.2, -0.15) is 0 Å². The summed E-state index contributed by atoms with van der Waals surface area (Å²) in [6.45, 7) is 0.107. The molecule has 0 saturated heterocycles. The molecule has 1 fully saturated rings. The number of aliphatic carboxylic acids is 1. The van der Waals surface area contributed by atoms with Crippen molar-refractivity contribution in [2.75, 3.05) is 13.6 Å². The van der Waals surface area contributed by atoms with Crippen LogP contribution in [0.15, 0.2) is 29.2 Å². The first-order valence-corrected chi connectivity index (χ1v) is 9.18. The second-order valence-corrected chi connectivity index (χ2v) is 8.07. The Hall–Kier alpha value is -1.89. The summed E-state index contributed by atoms with van der Waals surface area (Å²) in [6.07, 6.45) is 3.14. The van der Waals surface area contributed by atoms with Gasteiger partial charge < -0.3 is 10.0 Å². The number of nitrogens with zero attached hydrogens (tertiary/aromatic N) is 1. The van der Waals surface area contributed by atoms with Crippen molar-refractivity contribution in [2.24, 2.45) is 0 Å². The average Bonchev–Trinajstić information content (AvgIpc) is 3.07. The Bertz CT molecular complexity index is 675. The molecule has 0 spiro atoms. The summed E-state index contributed by atoms with van der Waals surface area (Å²) in [6, 6.07) is 5.90. The van der Waals surface area contributed by atoms with E-state index in [0.717, 1.165) is 12.8 Å². The number of carboxylic acid groups (broad SMARTS) is 1. The van der Waals surface area contributed by atoms with Crippen molar-refractivity contribution in [3.8, 4) is 0 Å². The number of amides is 1. The summed E-state index contributed by atoms with van der Waals surface area (Å²) in [4.78, 5) is 24.3. The number of benzene rings is 1. The number of carboxylic acids is 1. The first kappa shape index (κ1) is 17.5. The SMILES string of the molecule is CN(CCC(=O)O)C(=O)c1ccc(S(=O)(=O)C2CCCC2)cc1. The lowest BCUT2D eigenvalue weighted by molar-refractivity contribution is -0.137. The number of hydrogen-bond donors (Lipinski definition) is 1. The van der Waals surface area contributed by atoms with Gasteiger partial charge in [-0.1, -0.05) is 12.8 Å². The summed E-state index contributed by atoms with van der Waals surface area (Å²) in [5.74, 6) is -1.29. The van der Waals surface area contributed by atoms with Gasteiger partial charge in [-0.15, -0.1) is 0 Å². The highest BCUT2D eigenvalue weighted by Gasteiger charge is 2.30. The molecule has 1 saturated carbocycles. The van der Waals surface area contributed by atoms with Gasteiger partial charge in [-0.25, -0.2) is 8.42 Å². The van der Waals surface area contributed by atoms with Crippen LogP contribution in [0.2, 0.25) is 0 Å². The van der Waals surface area contributed by atoms with Gasteiger partial charge in [0.15, 0.2) is 9.84 Å². The molecule has 23 heavy (non-hydrogen) atoms. The van der Waals surface area contributed by atoms with Crippen LogP contribution in [0.25, 0.3) is 0 Å². The smallest absolute Gasteiger partial charge is 0.305 e. The van der Waals surface area contributed by atoms with Gasteiger partial charge in [-0.3, -0.25) is 9.59 Å². The zero-order chi connectivity index (χ0) is 17.0. The van der Waals surface area contributed by atoms with Gasteiger partial charge in [0.1, 0.15) is 0 Å². The number of carbonyl (C=O) groups excluding carboxylic acids is 1. The lowest BCUT2D eigenvalue weighted by Gasteiger charge is -2.16.